The third-order valence-corrected chi connectivity index (χ3v) is 3.13. The first-order valence-corrected chi connectivity index (χ1v) is 5.58. The molecular formula is C8H12N2O2S. The van der Waals surface area contributed by atoms with Gasteiger partial charge in [-0.25, -0.2) is 0 Å². The van der Waals surface area contributed by atoms with Crippen molar-refractivity contribution in [2.24, 2.45) is 0 Å². The maximum atomic E-state index is 11.5. The summed E-state index contributed by atoms with van der Waals surface area (Å²) >= 11 is 1.51. The van der Waals surface area contributed by atoms with Crippen LogP contribution in [0, 0.1) is 0 Å². The van der Waals surface area contributed by atoms with Crippen molar-refractivity contribution in [2.75, 3.05) is 11.5 Å². The van der Waals surface area contributed by atoms with Crippen molar-refractivity contribution >= 4 is 23.6 Å². The molecule has 2 N–H and O–H groups in total. The van der Waals surface area contributed by atoms with Gasteiger partial charge in [-0.3, -0.25) is 9.59 Å². The first-order chi connectivity index (χ1) is 6.25. The molecule has 1 aliphatic carbocycles. The largest absolute Gasteiger partial charge is 0.352 e. The fraction of sp³-hybridized carbons (Fsp3) is 0.750. The molecule has 72 valence electrons. The predicted octanol–water partition coefficient (Wildman–Crippen LogP) is -0.503. The van der Waals surface area contributed by atoms with Crippen LogP contribution in [-0.4, -0.2) is 35.4 Å². The number of nitrogens with one attached hydrogen (secondary N) is 2. The molecule has 0 aromatic carbocycles. The van der Waals surface area contributed by atoms with Crippen LogP contribution < -0.4 is 10.6 Å². The third-order valence-electron chi connectivity index (χ3n) is 2.09. The fourth-order valence-electron chi connectivity index (χ4n) is 1.22. The molecule has 0 spiro atoms. The van der Waals surface area contributed by atoms with E-state index in [2.05, 4.69) is 10.6 Å². The summed E-state index contributed by atoms with van der Waals surface area (Å²) in [6.45, 7) is 0. The van der Waals surface area contributed by atoms with Gasteiger partial charge in [-0.1, -0.05) is 0 Å². The standard InChI is InChI=1S/C8H12N2O2S/c11-7-4-13-3-6(10-7)8(12)9-5-1-2-5/h5-6H,1-4H2,(H,9,12)(H,10,11). The number of thioether (sulfide) groups is 1. The van der Waals surface area contributed by atoms with Gasteiger partial charge in [0.25, 0.3) is 0 Å². The molecule has 2 amide bonds. The van der Waals surface area contributed by atoms with Crippen molar-refractivity contribution in [3.8, 4) is 0 Å². The first-order valence-electron chi connectivity index (χ1n) is 4.43. The summed E-state index contributed by atoms with van der Waals surface area (Å²) in [5.74, 6) is 1.12. The van der Waals surface area contributed by atoms with Crippen LogP contribution in [0.4, 0.5) is 0 Å². The van der Waals surface area contributed by atoms with Gasteiger partial charge in [-0.15, -0.1) is 11.8 Å². The van der Waals surface area contributed by atoms with Crippen LogP contribution >= 0.6 is 11.8 Å². The van der Waals surface area contributed by atoms with Crippen molar-refractivity contribution in [2.45, 2.75) is 24.9 Å². The Hall–Kier alpha value is -0.710. The SMILES string of the molecule is O=C1CSCC(C(=O)NC2CC2)N1. The second-order valence-electron chi connectivity index (χ2n) is 3.42. The minimum Gasteiger partial charge on any atom is -0.352 e. The van der Waals surface area contributed by atoms with E-state index < -0.39 is 0 Å². The maximum absolute atomic E-state index is 11.5. The van der Waals surface area contributed by atoms with Gasteiger partial charge in [-0.2, -0.15) is 0 Å². The summed E-state index contributed by atoms with van der Waals surface area (Å²) in [6.07, 6.45) is 2.17. The van der Waals surface area contributed by atoms with E-state index in [9.17, 15) is 9.59 Å². The zero-order chi connectivity index (χ0) is 9.26. The topological polar surface area (TPSA) is 58.2 Å². The average Bonchev–Trinajstić information content (AvgIpc) is 2.88. The molecule has 2 rings (SSSR count). The van der Waals surface area contributed by atoms with Crippen LogP contribution in [0.25, 0.3) is 0 Å². The molecule has 0 radical (unpaired) electrons. The molecule has 2 fully saturated rings. The Morgan fingerprint density at radius 1 is 1.54 bits per heavy atom. The molecule has 0 bridgehead atoms. The Morgan fingerprint density at radius 2 is 2.31 bits per heavy atom. The summed E-state index contributed by atoms with van der Waals surface area (Å²) in [5, 5.41) is 5.55. The van der Waals surface area contributed by atoms with E-state index in [1.807, 2.05) is 0 Å². The van der Waals surface area contributed by atoms with Crippen LogP contribution in [0.1, 0.15) is 12.8 Å². The Kier molecular flexibility index (Phi) is 2.44. The van der Waals surface area contributed by atoms with Gasteiger partial charge in [0.2, 0.25) is 11.8 Å². The van der Waals surface area contributed by atoms with Gasteiger partial charge in [0.15, 0.2) is 0 Å². The Labute approximate surface area is 80.8 Å². The normalized spacial score (nSPS) is 28.0. The molecule has 1 heterocycles. The molecule has 0 aromatic rings. The number of hydrogen-bond donors (Lipinski definition) is 2. The van der Waals surface area contributed by atoms with Crippen LogP contribution in [0.3, 0.4) is 0 Å². The Balaban J connectivity index is 1.83. The van der Waals surface area contributed by atoms with E-state index in [0.29, 0.717) is 17.5 Å². The van der Waals surface area contributed by atoms with Crippen LogP contribution in [-0.2, 0) is 9.59 Å². The zero-order valence-electron chi connectivity index (χ0n) is 7.21. The van der Waals surface area contributed by atoms with Gasteiger partial charge >= 0.3 is 0 Å². The number of hydrogen-bond acceptors (Lipinski definition) is 3. The van der Waals surface area contributed by atoms with Crippen LogP contribution in [0.15, 0.2) is 0 Å². The summed E-state index contributed by atoms with van der Waals surface area (Å²) in [4.78, 5) is 22.4. The van der Waals surface area contributed by atoms with E-state index in [1.54, 1.807) is 0 Å². The minimum absolute atomic E-state index is 0.0250. The lowest BCUT2D eigenvalue weighted by Gasteiger charge is -2.21. The van der Waals surface area contributed by atoms with Gasteiger partial charge in [0, 0.05) is 11.8 Å². The molecule has 2 aliphatic rings. The quantitative estimate of drug-likeness (QED) is 0.631. The van der Waals surface area contributed by atoms with E-state index in [-0.39, 0.29) is 17.9 Å². The van der Waals surface area contributed by atoms with E-state index in [1.165, 1.54) is 11.8 Å². The summed E-state index contributed by atoms with van der Waals surface area (Å²) in [7, 11) is 0. The van der Waals surface area contributed by atoms with Crippen molar-refractivity contribution < 1.29 is 9.59 Å². The molecule has 5 heteroatoms. The molecule has 1 saturated carbocycles. The molecule has 13 heavy (non-hydrogen) atoms. The molecule has 1 unspecified atom stereocenters. The lowest BCUT2D eigenvalue weighted by Crippen LogP contribution is -2.51. The lowest BCUT2D eigenvalue weighted by molar-refractivity contribution is -0.127. The van der Waals surface area contributed by atoms with Gasteiger partial charge in [-0.05, 0) is 12.8 Å². The van der Waals surface area contributed by atoms with E-state index in [0.717, 1.165) is 12.8 Å². The number of carbonyl (C=O) groups excluding carboxylic acids is 2. The Morgan fingerprint density at radius 3 is 2.92 bits per heavy atom. The highest BCUT2D eigenvalue weighted by Crippen LogP contribution is 2.19. The molecule has 1 atom stereocenters. The monoisotopic (exact) mass is 200 g/mol. The van der Waals surface area contributed by atoms with Crippen molar-refractivity contribution in [1.82, 2.24) is 10.6 Å². The smallest absolute Gasteiger partial charge is 0.243 e. The summed E-state index contributed by atoms with van der Waals surface area (Å²) in [5.41, 5.74) is 0. The highest BCUT2D eigenvalue weighted by Gasteiger charge is 2.30. The summed E-state index contributed by atoms with van der Waals surface area (Å²) in [6, 6.07) is 0.0585. The van der Waals surface area contributed by atoms with Crippen LogP contribution in [0.5, 0.6) is 0 Å². The summed E-state index contributed by atoms with van der Waals surface area (Å²) < 4.78 is 0. The zero-order valence-corrected chi connectivity index (χ0v) is 8.02. The van der Waals surface area contributed by atoms with Crippen LogP contribution in [0.2, 0.25) is 0 Å². The molecule has 4 nitrogen and oxygen atoms in total. The van der Waals surface area contributed by atoms with E-state index in [4.69, 9.17) is 0 Å². The maximum Gasteiger partial charge on any atom is 0.243 e. The number of rotatable bonds is 2. The third kappa shape index (κ3) is 2.37. The fourth-order valence-corrected chi connectivity index (χ4v) is 2.07. The van der Waals surface area contributed by atoms with Crippen molar-refractivity contribution in [3.05, 3.63) is 0 Å². The molecule has 0 aromatic heterocycles. The predicted molar refractivity (Wildman–Crippen MR) is 50.4 cm³/mol. The second-order valence-corrected chi connectivity index (χ2v) is 4.45. The van der Waals surface area contributed by atoms with Gasteiger partial charge < -0.3 is 10.6 Å². The molecule has 1 aliphatic heterocycles. The Bertz CT molecular complexity index is 240. The molecule has 1 saturated heterocycles. The van der Waals surface area contributed by atoms with Crippen molar-refractivity contribution in [1.29, 1.82) is 0 Å². The lowest BCUT2D eigenvalue weighted by atomic mass is 10.3. The van der Waals surface area contributed by atoms with Gasteiger partial charge in [0.05, 0.1) is 5.75 Å². The van der Waals surface area contributed by atoms with Gasteiger partial charge in [0.1, 0.15) is 6.04 Å². The average molecular weight is 200 g/mol. The number of carbonyl (C=O) groups is 2. The first kappa shape index (κ1) is 8.87. The van der Waals surface area contributed by atoms with Crippen molar-refractivity contribution in [3.63, 3.8) is 0 Å². The highest BCUT2D eigenvalue weighted by molar-refractivity contribution is 8.00. The van der Waals surface area contributed by atoms with E-state index >= 15 is 0 Å². The highest BCUT2D eigenvalue weighted by atomic mass is 32.2. The molecular weight excluding hydrogens is 188 g/mol. The number of amides is 2. The second kappa shape index (κ2) is 3.57. The minimum atomic E-state index is -0.313.